The molecule has 0 saturated heterocycles. The van der Waals surface area contributed by atoms with E-state index < -0.39 is 0 Å². The van der Waals surface area contributed by atoms with E-state index in [2.05, 4.69) is 29.5 Å². The van der Waals surface area contributed by atoms with Gasteiger partial charge in [0.25, 0.3) is 0 Å². The van der Waals surface area contributed by atoms with Crippen LogP contribution in [-0.2, 0) is 0 Å². The first-order valence-electron chi connectivity index (χ1n) is 5.63. The molecule has 17 heavy (non-hydrogen) atoms. The molecule has 0 aliphatic carbocycles. The molecule has 5 heteroatoms. The smallest absolute Gasteiger partial charge is 0.195 e. The van der Waals surface area contributed by atoms with Gasteiger partial charge in [0.05, 0.1) is 17.3 Å². The van der Waals surface area contributed by atoms with Gasteiger partial charge in [-0.2, -0.15) is 0 Å². The van der Waals surface area contributed by atoms with Crippen molar-refractivity contribution in [3.8, 4) is 0 Å². The Morgan fingerprint density at radius 1 is 1.35 bits per heavy atom. The molecule has 1 aromatic carbocycles. The van der Waals surface area contributed by atoms with Gasteiger partial charge < -0.3 is 10.6 Å². The van der Waals surface area contributed by atoms with Crippen molar-refractivity contribution in [2.75, 3.05) is 18.4 Å². The lowest BCUT2D eigenvalue weighted by Crippen LogP contribution is -2.26. The van der Waals surface area contributed by atoms with E-state index >= 15 is 0 Å². The number of halogens is 2. The molecule has 2 rings (SSSR count). The fraction of sp³-hybridized carbons (Fsp3) is 0.417. The van der Waals surface area contributed by atoms with Crippen molar-refractivity contribution < 1.29 is 0 Å². The second-order valence-corrected chi connectivity index (χ2v) is 5.04. The minimum Gasteiger partial charge on any atom is -0.354 e. The summed E-state index contributed by atoms with van der Waals surface area (Å²) in [7, 11) is 0. The lowest BCUT2D eigenvalue weighted by Gasteiger charge is -2.15. The summed E-state index contributed by atoms with van der Waals surface area (Å²) in [6.45, 7) is 5.81. The van der Waals surface area contributed by atoms with Crippen molar-refractivity contribution >= 4 is 34.8 Å². The predicted molar refractivity (Wildman–Crippen MR) is 74.5 cm³/mol. The Morgan fingerprint density at radius 2 is 2.12 bits per heavy atom. The van der Waals surface area contributed by atoms with Gasteiger partial charge in [-0.05, 0) is 23.6 Å². The van der Waals surface area contributed by atoms with Crippen LogP contribution in [0, 0.1) is 0 Å². The maximum Gasteiger partial charge on any atom is 0.195 e. The largest absolute Gasteiger partial charge is 0.354 e. The summed E-state index contributed by atoms with van der Waals surface area (Å²) in [5.41, 5.74) is 1.81. The number of nitrogens with zero attached hydrogens (tertiary/aromatic N) is 1. The molecule has 0 fully saturated rings. The molecule has 0 spiro atoms. The molecule has 3 nitrogen and oxygen atoms in total. The zero-order valence-corrected chi connectivity index (χ0v) is 11.4. The number of anilines is 1. The van der Waals surface area contributed by atoms with E-state index in [9.17, 15) is 0 Å². The van der Waals surface area contributed by atoms with Gasteiger partial charge in [-0.25, -0.2) is 0 Å². The Hall–Kier alpha value is -0.930. The SMILES string of the molecule is CC(C)c1c(Cl)ccc(NC2=NCCN2)c1Cl. The molecule has 1 heterocycles. The predicted octanol–water partition coefficient (Wildman–Crippen LogP) is 3.49. The van der Waals surface area contributed by atoms with Crippen LogP contribution in [0.1, 0.15) is 25.3 Å². The van der Waals surface area contributed by atoms with Crippen molar-refractivity contribution in [1.29, 1.82) is 0 Å². The number of aliphatic imine (C=N–C) groups is 1. The normalized spacial score (nSPS) is 14.8. The molecule has 1 aliphatic rings. The summed E-state index contributed by atoms with van der Waals surface area (Å²) in [6, 6.07) is 3.74. The molecular formula is C12H15Cl2N3. The highest BCUT2D eigenvalue weighted by molar-refractivity contribution is 6.38. The van der Waals surface area contributed by atoms with Crippen LogP contribution in [-0.4, -0.2) is 19.0 Å². The third-order valence-electron chi connectivity index (χ3n) is 2.63. The molecule has 2 N–H and O–H groups in total. The van der Waals surface area contributed by atoms with E-state index in [0.717, 1.165) is 30.3 Å². The van der Waals surface area contributed by atoms with Crippen molar-refractivity contribution in [1.82, 2.24) is 5.32 Å². The molecule has 1 aliphatic heterocycles. The molecule has 92 valence electrons. The summed E-state index contributed by atoms with van der Waals surface area (Å²) in [5.74, 6) is 1.05. The molecule has 0 bridgehead atoms. The molecule has 0 radical (unpaired) electrons. The molecule has 0 aromatic heterocycles. The molecular weight excluding hydrogens is 257 g/mol. The third kappa shape index (κ3) is 2.67. The van der Waals surface area contributed by atoms with Crippen LogP contribution in [0.2, 0.25) is 10.0 Å². The number of rotatable bonds is 2. The average molecular weight is 272 g/mol. The van der Waals surface area contributed by atoms with Crippen LogP contribution in [0.4, 0.5) is 5.69 Å². The van der Waals surface area contributed by atoms with E-state index in [4.69, 9.17) is 23.2 Å². The third-order valence-corrected chi connectivity index (χ3v) is 3.37. The number of hydrogen-bond donors (Lipinski definition) is 2. The first-order chi connectivity index (χ1) is 8.09. The monoisotopic (exact) mass is 271 g/mol. The molecule has 1 aromatic rings. The van der Waals surface area contributed by atoms with Gasteiger partial charge in [0.2, 0.25) is 0 Å². The van der Waals surface area contributed by atoms with Gasteiger partial charge in [0.15, 0.2) is 5.96 Å². The van der Waals surface area contributed by atoms with Gasteiger partial charge >= 0.3 is 0 Å². The van der Waals surface area contributed by atoms with Crippen LogP contribution >= 0.6 is 23.2 Å². The van der Waals surface area contributed by atoms with Crippen LogP contribution < -0.4 is 10.6 Å². The molecule has 0 saturated carbocycles. The number of hydrogen-bond acceptors (Lipinski definition) is 3. The van der Waals surface area contributed by atoms with E-state index in [1.807, 2.05) is 12.1 Å². The van der Waals surface area contributed by atoms with E-state index in [1.54, 1.807) is 0 Å². The van der Waals surface area contributed by atoms with Crippen molar-refractivity contribution in [3.63, 3.8) is 0 Å². The highest BCUT2D eigenvalue weighted by Gasteiger charge is 2.15. The van der Waals surface area contributed by atoms with Crippen LogP contribution in [0.25, 0.3) is 0 Å². The van der Waals surface area contributed by atoms with E-state index in [1.165, 1.54) is 0 Å². The Balaban J connectivity index is 2.32. The van der Waals surface area contributed by atoms with Gasteiger partial charge in [-0.3, -0.25) is 4.99 Å². The molecule has 0 atom stereocenters. The summed E-state index contributed by atoms with van der Waals surface area (Å²) >= 11 is 12.5. The lowest BCUT2D eigenvalue weighted by atomic mass is 10.0. The minimum absolute atomic E-state index is 0.287. The number of benzene rings is 1. The van der Waals surface area contributed by atoms with Crippen molar-refractivity contribution in [2.45, 2.75) is 19.8 Å². The fourth-order valence-corrected chi connectivity index (χ4v) is 2.66. The fourth-order valence-electron chi connectivity index (χ4n) is 1.80. The summed E-state index contributed by atoms with van der Waals surface area (Å²) < 4.78 is 0. The summed E-state index contributed by atoms with van der Waals surface area (Å²) in [6.07, 6.45) is 0. The number of nitrogens with one attached hydrogen (secondary N) is 2. The average Bonchev–Trinajstić information content (AvgIpc) is 2.74. The Kier molecular flexibility index (Phi) is 3.79. The summed E-state index contributed by atoms with van der Waals surface area (Å²) in [5, 5.41) is 7.70. The van der Waals surface area contributed by atoms with Gasteiger partial charge in [0.1, 0.15) is 0 Å². The second kappa shape index (κ2) is 5.15. The maximum atomic E-state index is 6.36. The standard InChI is InChI=1S/C12H15Cl2N3/c1-7(2)10-8(13)3-4-9(11(10)14)17-12-15-5-6-16-12/h3-4,7H,5-6H2,1-2H3,(H2,15,16,17). The van der Waals surface area contributed by atoms with Crippen molar-refractivity contribution in [3.05, 3.63) is 27.7 Å². The zero-order chi connectivity index (χ0) is 12.4. The van der Waals surface area contributed by atoms with E-state index in [-0.39, 0.29) is 5.92 Å². The molecule has 0 unspecified atom stereocenters. The first kappa shape index (κ1) is 12.5. The van der Waals surface area contributed by atoms with Gasteiger partial charge in [0, 0.05) is 11.6 Å². The van der Waals surface area contributed by atoms with Crippen LogP contribution in [0.3, 0.4) is 0 Å². The Labute approximate surface area is 111 Å². The van der Waals surface area contributed by atoms with Crippen LogP contribution in [0.15, 0.2) is 17.1 Å². The molecule has 0 amide bonds. The first-order valence-corrected chi connectivity index (χ1v) is 6.38. The van der Waals surface area contributed by atoms with Gasteiger partial charge in [-0.15, -0.1) is 0 Å². The Morgan fingerprint density at radius 3 is 2.71 bits per heavy atom. The van der Waals surface area contributed by atoms with Crippen LogP contribution in [0.5, 0.6) is 0 Å². The highest BCUT2D eigenvalue weighted by atomic mass is 35.5. The second-order valence-electron chi connectivity index (χ2n) is 4.26. The quantitative estimate of drug-likeness (QED) is 0.864. The zero-order valence-electron chi connectivity index (χ0n) is 9.85. The van der Waals surface area contributed by atoms with Gasteiger partial charge in [-0.1, -0.05) is 37.0 Å². The maximum absolute atomic E-state index is 6.36. The van der Waals surface area contributed by atoms with Crippen molar-refractivity contribution in [2.24, 2.45) is 4.99 Å². The topological polar surface area (TPSA) is 36.4 Å². The highest BCUT2D eigenvalue weighted by Crippen LogP contribution is 2.36. The van der Waals surface area contributed by atoms with E-state index in [0.29, 0.717) is 10.0 Å². The Bertz CT molecular complexity index is 455. The summed E-state index contributed by atoms with van der Waals surface area (Å²) in [4.78, 5) is 4.27. The lowest BCUT2D eigenvalue weighted by molar-refractivity contribution is 0.867. The number of guanidine groups is 1. The minimum atomic E-state index is 0.287.